The van der Waals surface area contributed by atoms with Crippen molar-refractivity contribution >= 4 is 41.8 Å². The van der Waals surface area contributed by atoms with Crippen molar-refractivity contribution in [3.05, 3.63) is 59.7 Å². The van der Waals surface area contributed by atoms with Crippen LogP contribution in [0, 0.1) is 0 Å². The van der Waals surface area contributed by atoms with Gasteiger partial charge in [-0.1, -0.05) is 18.2 Å². The van der Waals surface area contributed by atoms with Crippen LogP contribution in [0.5, 0.6) is 11.5 Å². The number of benzene rings is 2. The first-order chi connectivity index (χ1) is 15.4. The van der Waals surface area contributed by atoms with Crippen LogP contribution in [0.4, 0.5) is 0 Å². The Morgan fingerprint density at radius 2 is 1.76 bits per heavy atom. The lowest BCUT2D eigenvalue weighted by Gasteiger charge is -2.18. The molecule has 0 aromatic heterocycles. The average molecular weight is 569 g/mol. The molecule has 1 unspecified atom stereocenters. The molecule has 2 aromatic carbocycles. The molecule has 33 heavy (non-hydrogen) atoms. The molecule has 1 atom stereocenters. The second-order valence-corrected chi connectivity index (χ2v) is 7.03. The van der Waals surface area contributed by atoms with E-state index in [1.165, 1.54) is 0 Å². The van der Waals surface area contributed by atoms with Gasteiger partial charge in [0.05, 0.1) is 26.7 Å². The van der Waals surface area contributed by atoms with Gasteiger partial charge in [0.15, 0.2) is 5.96 Å². The number of carbonyl (C=O) groups is 2. The van der Waals surface area contributed by atoms with Gasteiger partial charge < -0.3 is 31.2 Å². The van der Waals surface area contributed by atoms with E-state index in [0.717, 1.165) is 23.6 Å². The van der Waals surface area contributed by atoms with Crippen LogP contribution in [-0.2, 0) is 11.3 Å². The Kier molecular flexibility index (Phi) is 12.7. The average Bonchev–Trinajstić information content (AvgIpc) is 2.79. The van der Waals surface area contributed by atoms with Crippen molar-refractivity contribution in [3.8, 4) is 11.5 Å². The van der Waals surface area contributed by atoms with E-state index in [0.29, 0.717) is 24.6 Å². The number of nitrogens with zero attached hydrogens (tertiary/aromatic N) is 1. The summed E-state index contributed by atoms with van der Waals surface area (Å²) in [6.07, 6.45) is -0.0934. The second-order valence-electron chi connectivity index (χ2n) is 7.03. The van der Waals surface area contributed by atoms with Crippen molar-refractivity contribution in [1.82, 2.24) is 16.0 Å². The number of nitrogens with two attached hydrogens (primary N) is 1. The molecular formula is C23H32IN5O4. The van der Waals surface area contributed by atoms with Gasteiger partial charge in [0.25, 0.3) is 5.91 Å². The summed E-state index contributed by atoms with van der Waals surface area (Å²) in [5, 5.41) is 8.93. The molecular weight excluding hydrogens is 537 g/mol. The number of nitrogens with one attached hydrogen (secondary N) is 3. The molecule has 2 rings (SSSR count). The normalized spacial score (nSPS) is 11.5. The van der Waals surface area contributed by atoms with E-state index in [-0.39, 0.29) is 42.5 Å². The highest BCUT2D eigenvalue weighted by atomic mass is 127. The van der Waals surface area contributed by atoms with Crippen LogP contribution >= 0.6 is 24.0 Å². The van der Waals surface area contributed by atoms with Crippen molar-refractivity contribution in [1.29, 1.82) is 0 Å². The highest BCUT2D eigenvalue weighted by Crippen LogP contribution is 2.19. The highest BCUT2D eigenvalue weighted by molar-refractivity contribution is 14.0. The number of rotatable bonds is 11. The largest absolute Gasteiger partial charge is 0.497 e. The van der Waals surface area contributed by atoms with Crippen molar-refractivity contribution in [2.45, 2.75) is 26.5 Å². The van der Waals surface area contributed by atoms with E-state index < -0.39 is 5.91 Å². The van der Waals surface area contributed by atoms with Gasteiger partial charge in [-0.15, -0.1) is 24.0 Å². The number of aliphatic imine (C=N–C) groups is 1. The quantitative estimate of drug-likeness (QED) is 0.187. The molecule has 0 aliphatic heterocycles. The number of amides is 2. The Morgan fingerprint density at radius 1 is 1.06 bits per heavy atom. The van der Waals surface area contributed by atoms with Gasteiger partial charge in [-0.2, -0.15) is 0 Å². The lowest BCUT2D eigenvalue weighted by atomic mass is 10.1. The third kappa shape index (κ3) is 10.4. The molecule has 0 saturated carbocycles. The number of methoxy groups -OCH3 is 1. The minimum Gasteiger partial charge on any atom is -0.497 e. The minimum atomic E-state index is -0.587. The predicted molar refractivity (Wildman–Crippen MR) is 139 cm³/mol. The maximum atomic E-state index is 11.9. The molecule has 0 fully saturated rings. The predicted octanol–water partition coefficient (Wildman–Crippen LogP) is 2.05. The highest BCUT2D eigenvalue weighted by Gasteiger charge is 2.08. The van der Waals surface area contributed by atoms with Crippen LogP contribution in [0.25, 0.3) is 0 Å². The standard InChI is InChI=1S/C23H31N5O4.HI/c1-4-25-23(27-13-16(2)32-20-7-5-6-19(12-20)31-3)28-14-17-8-10-18(11-9-17)22(30)26-15-21(24)29;/h5-12,16H,4,13-15H2,1-3H3,(H2,24,29)(H,26,30)(H2,25,27,28);1H. The van der Waals surface area contributed by atoms with Crippen LogP contribution in [0.2, 0.25) is 0 Å². The minimum absolute atomic E-state index is 0. The molecule has 0 radical (unpaired) electrons. The van der Waals surface area contributed by atoms with Gasteiger partial charge in [-0.25, -0.2) is 4.99 Å². The molecule has 0 heterocycles. The third-order valence-corrected chi connectivity index (χ3v) is 4.34. The molecule has 0 saturated heterocycles. The molecule has 180 valence electrons. The fraction of sp³-hybridized carbons (Fsp3) is 0.348. The second kappa shape index (κ2) is 14.9. The fourth-order valence-electron chi connectivity index (χ4n) is 2.73. The summed E-state index contributed by atoms with van der Waals surface area (Å²) in [7, 11) is 1.62. The SMILES string of the molecule is CCNC(=NCc1ccc(C(=O)NCC(N)=O)cc1)NCC(C)Oc1cccc(OC)c1.I. The Hall–Kier alpha value is -3.02. The molecule has 9 nitrogen and oxygen atoms in total. The van der Waals surface area contributed by atoms with Crippen LogP contribution in [-0.4, -0.2) is 50.6 Å². The molecule has 0 bridgehead atoms. The van der Waals surface area contributed by atoms with Crippen LogP contribution in [0.1, 0.15) is 29.8 Å². The molecule has 2 amide bonds. The lowest BCUT2D eigenvalue weighted by molar-refractivity contribution is -0.117. The smallest absolute Gasteiger partial charge is 0.251 e. The summed E-state index contributed by atoms with van der Waals surface area (Å²) in [5.74, 6) is 1.21. The van der Waals surface area contributed by atoms with E-state index in [2.05, 4.69) is 20.9 Å². The molecule has 5 N–H and O–H groups in total. The Bertz CT molecular complexity index is 921. The summed E-state index contributed by atoms with van der Waals surface area (Å²) in [4.78, 5) is 27.3. The molecule has 10 heteroatoms. The maximum Gasteiger partial charge on any atom is 0.251 e. The summed E-state index contributed by atoms with van der Waals surface area (Å²) in [6.45, 7) is 5.48. The molecule has 0 aliphatic rings. The molecule has 0 spiro atoms. The fourth-order valence-corrected chi connectivity index (χ4v) is 2.73. The monoisotopic (exact) mass is 569 g/mol. The third-order valence-electron chi connectivity index (χ3n) is 4.34. The topological polar surface area (TPSA) is 127 Å². The molecule has 2 aromatic rings. The van der Waals surface area contributed by atoms with Crippen molar-refractivity contribution in [2.24, 2.45) is 10.7 Å². The van der Waals surface area contributed by atoms with Crippen LogP contribution < -0.4 is 31.2 Å². The van der Waals surface area contributed by atoms with Gasteiger partial charge >= 0.3 is 0 Å². The first kappa shape index (κ1) is 28.0. The number of hydrogen-bond donors (Lipinski definition) is 4. The van der Waals surface area contributed by atoms with Crippen LogP contribution in [0.3, 0.4) is 0 Å². The van der Waals surface area contributed by atoms with E-state index in [9.17, 15) is 9.59 Å². The van der Waals surface area contributed by atoms with E-state index in [1.54, 1.807) is 19.2 Å². The zero-order valence-corrected chi connectivity index (χ0v) is 21.4. The van der Waals surface area contributed by atoms with Crippen molar-refractivity contribution in [2.75, 3.05) is 26.7 Å². The zero-order valence-electron chi connectivity index (χ0n) is 19.1. The number of halogens is 1. The number of guanidine groups is 1. The van der Waals surface area contributed by atoms with E-state index >= 15 is 0 Å². The molecule has 0 aliphatic carbocycles. The summed E-state index contributed by atoms with van der Waals surface area (Å²) in [5.41, 5.74) is 6.43. The number of carbonyl (C=O) groups excluding carboxylic acids is 2. The summed E-state index contributed by atoms with van der Waals surface area (Å²) in [6, 6.07) is 14.5. The lowest BCUT2D eigenvalue weighted by Crippen LogP contribution is -2.41. The maximum absolute atomic E-state index is 11.9. The number of hydrogen-bond acceptors (Lipinski definition) is 5. The van der Waals surface area contributed by atoms with Gasteiger partial charge in [0.2, 0.25) is 5.91 Å². The van der Waals surface area contributed by atoms with Gasteiger partial charge in [-0.05, 0) is 43.7 Å². The van der Waals surface area contributed by atoms with Crippen LogP contribution in [0.15, 0.2) is 53.5 Å². The Balaban J connectivity index is 0.00000544. The summed E-state index contributed by atoms with van der Waals surface area (Å²) >= 11 is 0. The zero-order chi connectivity index (χ0) is 23.3. The van der Waals surface area contributed by atoms with Crippen molar-refractivity contribution < 1.29 is 19.1 Å². The van der Waals surface area contributed by atoms with Gasteiger partial charge in [0, 0.05) is 18.2 Å². The Labute approximate surface area is 211 Å². The first-order valence-electron chi connectivity index (χ1n) is 10.4. The number of ether oxygens (including phenoxy) is 2. The first-order valence-corrected chi connectivity index (χ1v) is 10.4. The summed E-state index contributed by atoms with van der Waals surface area (Å²) < 4.78 is 11.1. The van der Waals surface area contributed by atoms with E-state index in [1.807, 2.05) is 50.2 Å². The van der Waals surface area contributed by atoms with Gasteiger partial charge in [-0.3, -0.25) is 9.59 Å². The van der Waals surface area contributed by atoms with E-state index in [4.69, 9.17) is 15.2 Å². The Morgan fingerprint density at radius 3 is 2.39 bits per heavy atom. The van der Waals surface area contributed by atoms with Gasteiger partial charge in [0.1, 0.15) is 17.6 Å². The number of primary amides is 1. The van der Waals surface area contributed by atoms with Crippen molar-refractivity contribution in [3.63, 3.8) is 0 Å².